The van der Waals surface area contributed by atoms with Crippen LogP contribution in [-0.2, 0) is 26.7 Å². The second-order valence-corrected chi connectivity index (χ2v) is 3.74. The van der Waals surface area contributed by atoms with Crippen LogP contribution in [0.15, 0.2) is 24.3 Å². The predicted molar refractivity (Wildman–Crippen MR) is 28.3 cm³/mol. The van der Waals surface area contributed by atoms with Crippen molar-refractivity contribution < 1.29 is 84.4 Å². The van der Waals surface area contributed by atoms with E-state index >= 15 is 0 Å². The number of carbonyl (C=O) groups is 2. The predicted octanol–water partition coefficient (Wildman–Crippen LogP) is -9.26. The van der Waals surface area contributed by atoms with E-state index in [1.54, 1.807) is 0 Å². The first-order valence-electron chi connectivity index (χ1n) is 3.46. The fraction of sp³-hybridized carbons (Fsp3) is 0. The molecule has 0 aliphatic heterocycles. The molecule has 0 aromatic rings. The Morgan fingerprint density at radius 2 is 0.684 bits per heavy atom. The molecule has 10 nitrogen and oxygen atoms in total. The van der Waals surface area contributed by atoms with Crippen molar-refractivity contribution in [3.05, 3.63) is 24.3 Å². The van der Waals surface area contributed by atoms with Gasteiger partial charge in [-0.25, -0.2) is 37.3 Å². The van der Waals surface area contributed by atoms with Gasteiger partial charge in [-0.05, 0) is 24.3 Å². The van der Waals surface area contributed by atoms with Gasteiger partial charge in [0.1, 0.15) is 0 Å². The first-order valence-corrected chi connectivity index (χ1v) is 5.93. The Kier molecular flexibility index (Phi) is 13.0. The normalized spacial score (nSPS) is 13.7. The molecule has 1 aliphatic rings. The average molecular weight is 371 g/mol. The molecular formula is C6H4Cl2CuO10. The van der Waals surface area contributed by atoms with Crippen molar-refractivity contribution in [3.8, 4) is 0 Å². The Labute approximate surface area is 120 Å². The third-order valence-corrected chi connectivity index (χ3v) is 0.824. The summed E-state index contributed by atoms with van der Waals surface area (Å²) < 4.78 is 67.9. The molecule has 0 fully saturated rings. The van der Waals surface area contributed by atoms with E-state index in [2.05, 4.69) is 0 Å². The molecule has 0 spiro atoms. The van der Waals surface area contributed by atoms with E-state index in [-0.39, 0.29) is 28.6 Å². The molecule has 1 rings (SSSR count). The molecular weight excluding hydrogens is 367 g/mol. The van der Waals surface area contributed by atoms with Crippen molar-refractivity contribution in [2.45, 2.75) is 0 Å². The fourth-order valence-electron chi connectivity index (χ4n) is 0.440. The minimum Gasteiger partial charge on any atom is -0.290 e. The van der Waals surface area contributed by atoms with Crippen LogP contribution in [0.1, 0.15) is 0 Å². The van der Waals surface area contributed by atoms with E-state index in [4.69, 9.17) is 37.3 Å². The van der Waals surface area contributed by atoms with Gasteiger partial charge < -0.3 is 0 Å². The molecule has 0 atom stereocenters. The molecule has 113 valence electrons. The number of rotatable bonds is 0. The number of hydrogen-bond donors (Lipinski definition) is 0. The Morgan fingerprint density at radius 3 is 0.789 bits per heavy atom. The molecule has 0 unspecified atom stereocenters. The minimum atomic E-state index is -4.94. The SMILES string of the molecule is O=C1C=CC(=O)C=C1.[Cu+2].[O-][Cl+3]([O-])([O-])[O-].[O-][Cl+3]([O-])([O-])[O-]. The van der Waals surface area contributed by atoms with Gasteiger partial charge in [-0.1, -0.05) is 0 Å². The maximum Gasteiger partial charge on any atom is 2.00 e. The third-order valence-electron chi connectivity index (χ3n) is 0.824. The summed E-state index contributed by atoms with van der Waals surface area (Å²) in [4.78, 5) is 20.6. The molecule has 0 aromatic heterocycles. The summed E-state index contributed by atoms with van der Waals surface area (Å²) in [6.45, 7) is 0. The van der Waals surface area contributed by atoms with Crippen LogP contribution in [-0.4, -0.2) is 11.6 Å². The minimum absolute atomic E-state index is 0. The summed E-state index contributed by atoms with van der Waals surface area (Å²) >= 11 is 0. The molecule has 0 saturated carbocycles. The van der Waals surface area contributed by atoms with Crippen molar-refractivity contribution in [1.82, 2.24) is 0 Å². The quantitative estimate of drug-likeness (QED) is 0.289. The van der Waals surface area contributed by atoms with Gasteiger partial charge in [0.2, 0.25) is 0 Å². The van der Waals surface area contributed by atoms with E-state index in [0.717, 1.165) is 0 Å². The molecule has 13 heteroatoms. The van der Waals surface area contributed by atoms with Gasteiger partial charge in [0, 0.05) is 0 Å². The first-order chi connectivity index (χ1) is 7.79. The largest absolute Gasteiger partial charge is 2.00 e. The number of hydrogen-bond acceptors (Lipinski definition) is 10. The van der Waals surface area contributed by atoms with Crippen LogP contribution in [0.3, 0.4) is 0 Å². The Balaban J connectivity index is -0.000000208. The van der Waals surface area contributed by atoms with Gasteiger partial charge in [-0.3, -0.25) is 9.59 Å². The number of allylic oxidation sites excluding steroid dienone is 4. The summed E-state index contributed by atoms with van der Waals surface area (Å²) in [5, 5.41) is 0. The summed E-state index contributed by atoms with van der Waals surface area (Å²) in [7, 11) is -9.89. The summed E-state index contributed by atoms with van der Waals surface area (Å²) in [5.74, 6) is -0.241. The van der Waals surface area contributed by atoms with Crippen molar-refractivity contribution in [1.29, 1.82) is 0 Å². The van der Waals surface area contributed by atoms with E-state index in [9.17, 15) is 9.59 Å². The summed E-state index contributed by atoms with van der Waals surface area (Å²) in [5.41, 5.74) is 0. The van der Waals surface area contributed by atoms with E-state index in [1.807, 2.05) is 0 Å². The van der Waals surface area contributed by atoms with Crippen LogP contribution >= 0.6 is 0 Å². The Bertz CT molecular complexity index is 279. The van der Waals surface area contributed by atoms with Crippen molar-refractivity contribution in [2.24, 2.45) is 0 Å². The molecule has 0 aromatic carbocycles. The molecule has 0 heterocycles. The first kappa shape index (κ1) is 23.7. The van der Waals surface area contributed by atoms with E-state index in [1.165, 1.54) is 24.3 Å². The monoisotopic (exact) mass is 369 g/mol. The van der Waals surface area contributed by atoms with Gasteiger partial charge in [0.15, 0.2) is 11.6 Å². The zero-order chi connectivity index (χ0) is 15.0. The van der Waals surface area contributed by atoms with Crippen LogP contribution in [0, 0.1) is 20.5 Å². The van der Waals surface area contributed by atoms with Gasteiger partial charge in [-0.2, -0.15) is 0 Å². The molecule has 0 N–H and O–H groups in total. The van der Waals surface area contributed by atoms with Crippen molar-refractivity contribution >= 4 is 11.6 Å². The number of halogens is 2. The fourth-order valence-corrected chi connectivity index (χ4v) is 0.440. The van der Waals surface area contributed by atoms with Crippen LogP contribution in [0.2, 0.25) is 0 Å². The second kappa shape index (κ2) is 10.4. The van der Waals surface area contributed by atoms with E-state index in [0.29, 0.717) is 0 Å². The maximum atomic E-state index is 10.3. The molecule has 1 radical (unpaired) electrons. The molecule has 0 saturated heterocycles. The third kappa shape index (κ3) is 46.5. The maximum absolute atomic E-state index is 10.3. The van der Waals surface area contributed by atoms with Gasteiger partial charge in [0.05, 0.1) is 0 Å². The molecule has 1 aliphatic carbocycles. The van der Waals surface area contributed by atoms with E-state index < -0.39 is 20.5 Å². The van der Waals surface area contributed by atoms with Crippen LogP contribution in [0.5, 0.6) is 0 Å². The van der Waals surface area contributed by atoms with Gasteiger partial charge in [0.25, 0.3) is 0 Å². The van der Waals surface area contributed by atoms with Crippen LogP contribution in [0.4, 0.5) is 0 Å². The summed E-state index contributed by atoms with van der Waals surface area (Å²) in [6, 6.07) is 0. The second-order valence-electron chi connectivity index (χ2n) is 2.23. The Hall–Kier alpha value is -0.401. The topological polar surface area (TPSA) is 219 Å². The number of carbonyl (C=O) groups excluding carboxylic acids is 2. The molecule has 0 amide bonds. The average Bonchev–Trinajstić information content (AvgIpc) is 2.04. The summed E-state index contributed by atoms with van der Waals surface area (Å²) in [6.07, 6.45) is 5.01. The number of ketones is 2. The smallest absolute Gasteiger partial charge is 0.290 e. The standard InChI is InChI=1S/C6H4O2.2ClHO4.Cu/c7-5-1-2-6(8)4-3-5;2*2-1(3,4)5;/h1-4H;2*(H,2,3,4,5);/q;;;+2/p-2. The zero-order valence-electron chi connectivity index (χ0n) is 8.45. The molecule has 19 heavy (non-hydrogen) atoms. The zero-order valence-corrected chi connectivity index (χ0v) is 10.9. The van der Waals surface area contributed by atoms with Gasteiger partial charge in [-0.15, -0.1) is 20.5 Å². The van der Waals surface area contributed by atoms with Crippen LogP contribution < -0.4 is 37.3 Å². The molecule has 0 bridgehead atoms. The van der Waals surface area contributed by atoms with Crippen molar-refractivity contribution in [2.75, 3.05) is 0 Å². The van der Waals surface area contributed by atoms with Crippen molar-refractivity contribution in [3.63, 3.8) is 0 Å². The van der Waals surface area contributed by atoms with Gasteiger partial charge >= 0.3 is 17.1 Å². The van der Waals surface area contributed by atoms with Crippen LogP contribution in [0.25, 0.3) is 0 Å². The Morgan fingerprint density at radius 1 is 0.579 bits per heavy atom.